The third kappa shape index (κ3) is 4.85. The molecule has 0 unspecified atom stereocenters. The van der Waals surface area contributed by atoms with Crippen LogP contribution in [-0.4, -0.2) is 0 Å². The Morgan fingerprint density at radius 1 is 0.291 bits per heavy atom. The Morgan fingerprint density at radius 2 is 0.764 bits per heavy atom. The van der Waals surface area contributed by atoms with Crippen LogP contribution in [0.25, 0.3) is 98.7 Å². The fourth-order valence-electron chi connectivity index (χ4n) is 9.69. The molecule has 0 N–H and O–H groups in total. The summed E-state index contributed by atoms with van der Waals surface area (Å²) in [5, 5.41) is 10.2. The van der Waals surface area contributed by atoms with Crippen LogP contribution in [0.2, 0.25) is 0 Å². The Kier molecular flexibility index (Phi) is 7.00. The molecule has 0 saturated heterocycles. The summed E-state index contributed by atoms with van der Waals surface area (Å²) in [7, 11) is 0. The first-order valence-corrected chi connectivity index (χ1v) is 19.3. The zero-order chi connectivity index (χ0) is 36.7. The van der Waals surface area contributed by atoms with Gasteiger partial charge in [0.2, 0.25) is 0 Å². The number of fused-ring (bicyclic) bond motifs is 7. The maximum Gasteiger partial charge on any atom is 0.0165 e. The summed E-state index contributed by atoms with van der Waals surface area (Å²) < 4.78 is 0. The summed E-state index contributed by atoms with van der Waals surface area (Å²) in [5.41, 5.74) is 15.5. The fourth-order valence-corrected chi connectivity index (χ4v) is 9.69. The van der Waals surface area contributed by atoms with Gasteiger partial charge < -0.3 is 0 Å². The average molecular weight is 699 g/mol. The van der Waals surface area contributed by atoms with Crippen molar-refractivity contribution in [3.63, 3.8) is 0 Å². The molecule has 55 heavy (non-hydrogen) atoms. The predicted octanol–water partition coefficient (Wildman–Crippen LogP) is 15.3. The molecule has 0 bridgehead atoms. The van der Waals surface area contributed by atoms with Crippen LogP contribution in [0, 0.1) is 0 Å². The number of rotatable bonds is 4. The topological polar surface area (TPSA) is 0 Å². The summed E-state index contributed by atoms with van der Waals surface area (Å²) in [6.45, 7) is 4.79. The van der Waals surface area contributed by atoms with E-state index in [2.05, 4.69) is 208 Å². The van der Waals surface area contributed by atoms with E-state index >= 15 is 0 Å². The second-order valence-corrected chi connectivity index (χ2v) is 15.6. The van der Waals surface area contributed by atoms with Crippen molar-refractivity contribution in [1.29, 1.82) is 0 Å². The molecule has 258 valence electrons. The standard InChI is InChI=1S/C55H38/c1-55(2)51-34-39-16-4-3-15-38(39)33-50(51)49-27-13-26-44(54(49)55)40-18-11-19-41(32-40)53-47-23-9-7-21-45(47)52(46-22-8-10-24-48(46)53)37-30-28-36(29-31-37)43-25-12-17-35-14-5-6-20-42(35)43/h3-34H,1-2H3. The monoisotopic (exact) mass is 698 g/mol. The van der Waals surface area contributed by atoms with Gasteiger partial charge in [-0.15, -0.1) is 0 Å². The van der Waals surface area contributed by atoms with Crippen molar-refractivity contribution < 1.29 is 0 Å². The molecule has 10 aromatic carbocycles. The van der Waals surface area contributed by atoms with Gasteiger partial charge in [-0.05, 0) is 128 Å². The first kappa shape index (κ1) is 31.7. The van der Waals surface area contributed by atoms with Gasteiger partial charge in [-0.2, -0.15) is 0 Å². The van der Waals surface area contributed by atoms with E-state index < -0.39 is 0 Å². The van der Waals surface area contributed by atoms with E-state index in [1.807, 2.05) is 0 Å². The van der Waals surface area contributed by atoms with Crippen LogP contribution >= 0.6 is 0 Å². The number of hydrogen-bond donors (Lipinski definition) is 0. The average Bonchev–Trinajstić information content (AvgIpc) is 3.46. The van der Waals surface area contributed by atoms with Crippen LogP contribution in [0.4, 0.5) is 0 Å². The van der Waals surface area contributed by atoms with Crippen LogP contribution in [0.1, 0.15) is 25.0 Å². The van der Waals surface area contributed by atoms with Gasteiger partial charge in [0.1, 0.15) is 0 Å². The van der Waals surface area contributed by atoms with Gasteiger partial charge in [0, 0.05) is 5.41 Å². The lowest BCUT2D eigenvalue weighted by Gasteiger charge is -2.25. The van der Waals surface area contributed by atoms with E-state index in [1.54, 1.807) is 0 Å². The van der Waals surface area contributed by atoms with Gasteiger partial charge >= 0.3 is 0 Å². The molecule has 0 heteroatoms. The lowest BCUT2D eigenvalue weighted by atomic mass is 9.78. The molecule has 0 aromatic heterocycles. The summed E-state index contributed by atoms with van der Waals surface area (Å²) >= 11 is 0. The number of hydrogen-bond acceptors (Lipinski definition) is 0. The minimum atomic E-state index is -0.133. The van der Waals surface area contributed by atoms with Crippen LogP contribution in [-0.2, 0) is 5.41 Å². The second kappa shape index (κ2) is 12.1. The molecule has 0 amide bonds. The van der Waals surface area contributed by atoms with Gasteiger partial charge in [-0.25, -0.2) is 0 Å². The first-order valence-electron chi connectivity index (χ1n) is 19.3. The molecule has 0 radical (unpaired) electrons. The summed E-state index contributed by atoms with van der Waals surface area (Å²) in [4.78, 5) is 0. The van der Waals surface area contributed by atoms with Crippen molar-refractivity contribution >= 4 is 43.1 Å². The van der Waals surface area contributed by atoms with Gasteiger partial charge in [0.25, 0.3) is 0 Å². The van der Waals surface area contributed by atoms with Gasteiger partial charge in [-0.1, -0.05) is 190 Å². The van der Waals surface area contributed by atoms with E-state index in [0.717, 1.165) is 0 Å². The second-order valence-electron chi connectivity index (χ2n) is 15.6. The minimum absolute atomic E-state index is 0.133. The molecule has 0 aliphatic heterocycles. The normalized spacial score (nSPS) is 13.1. The molecule has 0 nitrogen and oxygen atoms in total. The van der Waals surface area contributed by atoms with E-state index in [4.69, 9.17) is 0 Å². The molecule has 0 fully saturated rings. The lowest BCUT2D eigenvalue weighted by Crippen LogP contribution is -2.16. The minimum Gasteiger partial charge on any atom is -0.0616 e. The lowest BCUT2D eigenvalue weighted by molar-refractivity contribution is 0.663. The molecule has 11 rings (SSSR count). The molecule has 0 heterocycles. The van der Waals surface area contributed by atoms with Crippen molar-refractivity contribution in [3.8, 4) is 55.6 Å². The highest BCUT2D eigenvalue weighted by molar-refractivity contribution is 6.21. The third-order valence-corrected chi connectivity index (χ3v) is 12.2. The van der Waals surface area contributed by atoms with Gasteiger partial charge in [0.05, 0.1) is 0 Å². The highest BCUT2D eigenvalue weighted by Crippen LogP contribution is 2.53. The fraction of sp³-hybridized carbons (Fsp3) is 0.0545. The zero-order valence-corrected chi connectivity index (χ0v) is 31.0. The highest BCUT2D eigenvalue weighted by atomic mass is 14.4. The summed E-state index contributed by atoms with van der Waals surface area (Å²) in [6.07, 6.45) is 0. The Morgan fingerprint density at radius 3 is 1.45 bits per heavy atom. The van der Waals surface area contributed by atoms with Gasteiger partial charge in [0.15, 0.2) is 0 Å². The van der Waals surface area contributed by atoms with Crippen molar-refractivity contribution in [2.75, 3.05) is 0 Å². The molecule has 0 atom stereocenters. The maximum absolute atomic E-state index is 2.43. The van der Waals surface area contributed by atoms with E-state index in [0.29, 0.717) is 0 Å². The molecule has 0 saturated carbocycles. The quantitative estimate of drug-likeness (QED) is 0.161. The Balaban J connectivity index is 1.07. The molecule has 1 aliphatic carbocycles. The molecule has 1 aliphatic rings. The largest absolute Gasteiger partial charge is 0.0616 e. The van der Waals surface area contributed by atoms with Crippen LogP contribution in [0.5, 0.6) is 0 Å². The third-order valence-electron chi connectivity index (χ3n) is 12.2. The molecular formula is C55H38. The van der Waals surface area contributed by atoms with E-state index in [1.165, 1.54) is 110 Å². The zero-order valence-electron chi connectivity index (χ0n) is 31.0. The van der Waals surface area contributed by atoms with Crippen LogP contribution < -0.4 is 0 Å². The molecule has 0 spiro atoms. The van der Waals surface area contributed by atoms with E-state index in [9.17, 15) is 0 Å². The summed E-state index contributed by atoms with van der Waals surface area (Å²) in [6, 6.07) is 72.1. The summed E-state index contributed by atoms with van der Waals surface area (Å²) in [5.74, 6) is 0. The Labute approximate surface area is 322 Å². The Bertz CT molecular complexity index is 3100. The number of benzene rings is 10. The van der Waals surface area contributed by atoms with Crippen LogP contribution in [0.3, 0.4) is 0 Å². The first-order chi connectivity index (χ1) is 27.0. The Hall–Kier alpha value is -6.76. The predicted molar refractivity (Wildman–Crippen MR) is 236 cm³/mol. The smallest absolute Gasteiger partial charge is 0.0165 e. The SMILES string of the molecule is CC1(C)c2cc3ccccc3cc2-c2cccc(-c3cccc(-c4c5ccccc5c(-c5ccc(-c6cccc7ccccc67)cc5)c5ccccc45)c3)c21. The van der Waals surface area contributed by atoms with Crippen molar-refractivity contribution in [3.05, 3.63) is 205 Å². The van der Waals surface area contributed by atoms with Crippen LogP contribution in [0.15, 0.2) is 194 Å². The maximum atomic E-state index is 2.43. The van der Waals surface area contributed by atoms with E-state index in [-0.39, 0.29) is 5.41 Å². The molecular weight excluding hydrogens is 661 g/mol. The molecule has 10 aromatic rings. The van der Waals surface area contributed by atoms with Crippen molar-refractivity contribution in [2.24, 2.45) is 0 Å². The highest BCUT2D eigenvalue weighted by Gasteiger charge is 2.37. The van der Waals surface area contributed by atoms with Crippen molar-refractivity contribution in [2.45, 2.75) is 19.3 Å². The van der Waals surface area contributed by atoms with Gasteiger partial charge in [-0.3, -0.25) is 0 Å². The van der Waals surface area contributed by atoms with Crippen molar-refractivity contribution in [1.82, 2.24) is 0 Å².